The van der Waals surface area contributed by atoms with Gasteiger partial charge in [0.25, 0.3) is 5.91 Å². The maximum Gasteiger partial charge on any atom is 0.254 e. The maximum atomic E-state index is 13.3. The van der Waals surface area contributed by atoms with E-state index in [1.165, 1.54) is 11.3 Å². The Morgan fingerprint density at radius 3 is 2.54 bits per heavy atom. The number of aromatic nitrogens is 1. The number of carbonyl (C=O) groups is 2. The number of amides is 2. The zero-order valence-electron chi connectivity index (χ0n) is 16.3. The first-order chi connectivity index (χ1) is 13.4. The topological polar surface area (TPSA) is 65.5 Å². The van der Waals surface area contributed by atoms with Crippen molar-refractivity contribution < 1.29 is 9.59 Å². The van der Waals surface area contributed by atoms with E-state index in [-0.39, 0.29) is 18.4 Å². The Bertz CT molecular complexity index is 978. The van der Waals surface area contributed by atoms with Gasteiger partial charge in [0.15, 0.2) is 5.13 Å². The van der Waals surface area contributed by atoms with Gasteiger partial charge in [0.05, 0.1) is 5.69 Å². The molecule has 0 atom stereocenters. The molecule has 1 heterocycles. The van der Waals surface area contributed by atoms with E-state index >= 15 is 0 Å². The lowest BCUT2D eigenvalue weighted by Gasteiger charge is -2.24. The molecule has 146 valence electrons. The lowest BCUT2D eigenvalue weighted by Crippen LogP contribution is -2.41. The van der Waals surface area contributed by atoms with E-state index in [4.69, 9.17) is 0 Å². The Balaban J connectivity index is 1.81. The Morgan fingerprint density at radius 2 is 1.82 bits per heavy atom. The van der Waals surface area contributed by atoms with E-state index in [1.54, 1.807) is 4.90 Å². The molecule has 7 heteroatoms. The Labute approximate surface area is 168 Å². The minimum absolute atomic E-state index is 0.0193. The maximum absolute atomic E-state index is 13.3. The van der Waals surface area contributed by atoms with Crippen molar-refractivity contribution in [2.24, 2.45) is 0 Å². The number of nitrogens with zero attached hydrogens (tertiary/aromatic N) is 3. The average molecular weight is 397 g/mol. The van der Waals surface area contributed by atoms with Crippen molar-refractivity contribution >= 4 is 39.1 Å². The summed E-state index contributed by atoms with van der Waals surface area (Å²) in [5, 5.41) is 7.10. The molecule has 0 aliphatic rings. The van der Waals surface area contributed by atoms with Gasteiger partial charge in [0.2, 0.25) is 5.91 Å². The second-order valence-corrected chi connectivity index (χ2v) is 7.76. The number of hydrogen-bond donors (Lipinski definition) is 1. The normalized spacial score (nSPS) is 11.0. The Hall–Kier alpha value is -2.77. The summed E-state index contributed by atoms with van der Waals surface area (Å²) in [6.45, 7) is 2.98. The average Bonchev–Trinajstić information content (AvgIpc) is 3.08. The number of aryl methyl sites for hydroxylation is 1. The van der Waals surface area contributed by atoms with E-state index in [0.29, 0.717) is 23.8 Å². The second kappa shape index (κ2) is 8.95. The van der Waals surface area contributed by atoms with Gasteiger partial charge in [-0.3, -0.25) is 9.59 Å². The van der Waals surface area contributed by atoms with Gasteiger partial charge in [-0.15, -0.1) is 11.3 Å². The summed E-state index contributed by atoms with van der Waals surface area (Å²) in [6, 6.07) is 13.4. The van der Waals surface area contributed by atoms with Gasteiger partial charge >= 0.3 is 0 Å². The summed E-state index contributed by atoms with van der Waals surface area (Å²) in [7, 11) is 3.89. The molecule has 0 radical (unpaired) electrons. The lowest BCUT2D eigenvalue weighted by atomic mass is 10.0. The van der Waals surface area contributed by atoms with Crippen LogP contribution in [-0.2, 0) is 4.79 Å². The van der Waals surface area contributed by atoms with E-state index in [9.17, 15) is 9.59 Å². The van der Waals surface area contributed by atoms with Crippen LogP contribution in [0.2, 0.25) is 0 Å². The number of fused-ring (bicyclic) bond motifs is 1. The van der Waals surface area contributed by atoms with Crippen LogP contribution in [0.5, 0.6) is 0 Å². The molecule has 0 fully saturated rings. The van der Waals surface area contributed by atoms with Crippen LogP contribution < -0.4 is 5.32 Å². The highest BCUT2D eigenvalue weighted by molar-refractivity contribution is 7.13. The van der Waals surface area contributed by atoms with Crippen LogP contribution in [-0.4, -0.2) is 60.3 Å². The third-order valence-corrected chi connectivity index (χ3v) is 5.20. The van der Waals surface area contributed by atoms with Crippen molar-refractivity contribution in [2.75, 3.05) is 39.0 Å². The Kier molecular flexibility index (Phi) is 6.38. The minimum atomic E-state index is -0.248. The number of rotatable bonds is 7. The predicted octanol–water partition coefficient (Wildman–Crippen LogP) is 3.25. The molecule has 3 rings (SSSR count). The molecule has 2 aromatic carbocycles. The third kappa shape index (κ3) is 4.94. The molecule has 0 unspecified atom stereocenters. The first kappa shape index (κ1) is 20.0. The fourth-order valence-corrected chi connectivity index (χ4v) is 3.60. The first-order valence-corrected chi connectivity index (χ1v) is 9.96. The second-order valence-electron chi connectivity index (χ2n) is 6.90. The molecule has 0 aliphatic carbocycles. The summed E-state index contributed by atoms with van der Waals surface area (Å²) in [6.07, 6.45) is 0. The standard InChI is InChI=1S/C21H24N4O2S/c1-15-14-28-21(22-15)23-19(26)13-25(12-11-24(2)3)20(27)18-10-6-8-16-7-4-5-9-17(16)18/h4-10,14H,11-13H2,1-3H3,(H,22,23,26). The zero-order chi connectivity index (χ0) is 20.1. The summed E-state index contributed by atoms with van der Waals surface area (Å²) in [5.41, 5.74) is 1.46. The molecule has 0 bridgehead atoms. The van der Waals surface area contributed by atoms with Gasteiger partial charge in [-0.05, 0) is 37.9 Å². The molecule has 1 aromatic heterocycles. The van der Waals surface area contributed by atoms with Crippen molar-refractivity contribution in [2.45, 2.75) is 6.92 Å². The minimum Gasteiger partial charge on any atom is -0.328 e. The molecule has 0 spiro atoms. The van der Waals surface area contributed by atoms with Gasteiger partial charge in [-0.1, -0.05) is 36.4 Å². The molecule has 0 saturated heterocycles. The van der Waals surface area contributed by atoms with Gasteiger partial charge < -0.3 is 15.1 Å². The van der Waals surface area contributed by atoms with Crippen LogP contribution in [0, 0.1) is 6.92 Å². The van der Waals surface area contributed by atoms with Crippen LogP contribution >= 0.6 is 11.3 Å². The van der Waals surface area contributed by atoms with E-state index in [2.05, 4.69) is 10.3 Å². The molecule has 6 nitrogen and oxygen atoms in total. The van der Waals surface area contributed by atoms with E-state index in [0.717, 1.165) is 16.5 Å². The number of benzene rings is 2. The molecule has 0 aliphatic heterocycles. The largest absolute Gasteiger partial charge is 0.328 e. The quantitative estimate of drug-likeness (QED) is 0.666. The van der Waals surface area contributed by atoms with Crippen molar-refractivity contribution in [3.63, 3.8) is 0 Å². The number of anilines is 1. The van der Waals surface area contributed by atoms with Crippen molar-refractivity contribution in [3.8, 4) is 0 Å². The van der Waals surface area contributed by atoms with Gasteiger partial charge in [-0.25, -0.2) is 4.98 Å². The fraction of sp³-hybridized carbons (Fsp3) is 0.286. The summed E-state index contributed by atoms with van der Waals surface area (Å²) in [4.78, 5) is 33.6. The fourth-order valence-electron chi connectivity index (χ4n) is 2.90. The van der Waals surface area contributed by atoms with Crippen LogP contribution in [0.4, 0.5) is 5.13 Å². The third-order valence-electron chi connectivity index (χ3n) is 4.32. The summed E-state index contributed by atoms with van der Waals surface area (Å²) < 4.78 is 0. The van der Waals surface area contributed by atoms with Gasteiger partial charge in [-0.2, -0.15) is 0 Å². The lowest BCUT2D eigenvalue weighted by molar-refractivity contribution is -0.116. The summed E-state index contributed by atoms with van der Waals surface area (Å²) >= 11 is 1.38. The number of nitrogens with one attached hydrogen (secondary N) is 1. The highest BCUT2D eigenvalue weighted by Gasteiger charge is 2.21. The molecule has 1 N–H and O–H groups in total. The number of carbonyl (C=O) groups excluding carboxylic acids is 2. The predicted molar refractivity (Wildman–Crippen MR) is 114 cm³/mol. The zero-order valence-corrected chi connectivity index (χ0v) is 17.1. The van der Waals surface area contributed by atoms with E-state index in [1.807, 2.05) is 73.8 Å². The SMILES string of the molecule is Cc1csc(NC(=O)CN(CCN(C)C)C(=O)c2cccc3ccccc23)n1. The molecule has 2 amide bonds. The highest BCUT2D eigenvalue weighted by Crippen LogP contribution is 2.20. The van der Waals surface area contributed by atoms with Crippen molar-refractivity contribution in [1.29, 1.82) is 0 Å². The molecular weight excluding hydrogens is 372 g/mol. The highest BCUT2D eigenvalue weighted by atomic mass is 32.1. The van der Waals surface area contributed by atoms with Crippen LogP contribution in [0.1, 0.15) is 16.1 Å². The molecule has 28 heavy (non-hydrogen) atoms. The first-order valence-electron chi connectivity index (χ1n) is 9.08. The van der Waals surface area contributed by atoms with Crippen LogP contribution in [0.15, 0.2) is 47.8 Å². The van der Waals surface area contributed by atoms with Crippen LogP contribution in [0.25, 0.3) is 10.8 Å². The molecule has 3 aromatic rings. The molecular formula is C21H24N4O2S. The number of likely N-dealkylation sites (N-methyl/N-ethyl adjacent to an activating group) is 1. The van der Waals surface area contributed by atoms with Gasteiger partial charge in [0, 0.05) is 24.0 Å². The van der Waals surface area contributed by atoms with Gasteiger partial charge in [0.1, 0.15) is 6.54 Å². The van der Waals surface area contributed by atoms with Crippen molar-refractivity contribution in [1.82, 2.24) is 14.8 Å². The van der Waals surface area contributed by atoms with Crippen molar-refractivity contribution in [3.05, 3.63) is 59.1 Å². The number of thiazole rings is 1. The summed E-state index contributed by atoms with van der Waals surface area (Å²) in [5.74, 6) is -0.397. The number of hydrogen-bond acceptors (Lipinski definition) is 5. The van der Waals surface area contributed by atoms with Crippen LogP contribution in [0.3, 0.4) is 0 Å². The monoisotopic (exact) mass is 396 g/mol. The Morgan fingerprint density at radius 1 is 1.07 bits per heavy atom. The smallest absolute Gasteiger partial charge is 0.254 e. The molecule has 0 saturated carbocycles. The van der Waals surface area contributed by atoms with E-state index < -0.39 is 0 Å².